The van der Waals surface area contributed by atoms with E-state index in [4.69, 9.17) is 11.6 Å². The molecule has 0 saturated carbocycles. The highest BCUT2D eigenvalue weighted by Crippen LogP contribution is 2.39. The number of aliphatic hydroxyl groups is 1. The molecule has 0 spiro atoms. The van der Waals surface area contributed by atoms with E-state index in [9.17, 15) is 18.3 Å². The minimum atomic E-state index is -1.90. The Bertz CT molecular complexity index is 1230. The highest BCUT2D eigenvalue weighted by Gasteiger charge is 2.41. The Morgan fingerprint density at radius 3 is 2.60 bits per heavy atom. The highest BCUT2D eigenvalue weighted by atomic mass is 35.5. The molecular formula is C20H17ClF3N5O. The van der Waals surface area contributed by atoms with Crippen LogP contribution in [-0.2, 0) is 12.1 Å². The van der Waals surface area contributed by atoms with Crippen LogP contribution in [0.4, 0.5) is 13.2 Å². The van der Waals surface area contributed by atoms with E-state index in [0.29, 0.717) is 22.7 Å². The summed E-state index contributed by atoms with van der Waals surface area (Å²) in [6.45, 7) is 3.16. The molecule has 0 aliphatic carbocycles. The predicted molar refractivity (Wildman–Crippen MR) is 104 cm³/mol. The van der Waals surface area contributed by atoms with Crippen molar-refractivity contribution in [3.8, 4) is 0 Å². The van der Waals surface area contributed by atoms with Crippen LogP contribution in [0.15, 0.2) is 43.0 Å². The Balaban J connectivity index is 1.90. The maximum atomic E-state index is 14.7. The van der Waals surface area contributed by atoms with Gasteiger partial charge in [-0.2, -0.15) is 10.2 Å². The zero-order valence-corrected chi connectivity index (χ0v) is 16.8. The Kier molecular flexibility index (Phi) is 5.03. The fraction of sp³-hybridized carbons (Fsp3) is 0.250. The van der Waals surface area contributed by atoms with Crippen LogP contribution in [-0.4, -0.2) is 29.7 Å². The predicted octanol–water partition coefficient (Wildman–Crippen LogP) is 4.16. The van der Waals surface area contributed by atoms with Gasteiger partial charge in [0.1, 0.15) is 35.7 Å². The van der Waals surface area contributed by atoms with Crippen molar-refractivity contribution < 1.29 is 18.3 Å². The minimum Gasteiger partial charge on any atom is -0.381 e. The SMILES string of the molecule is Cc1c2c(Cl)cc(F)cc2nn1[C@H](C)[C@](O)(Cn1cncn1)c1ccc(F)cc1F. The molecule has 0 bridgehead atoms. The largest absolute Gasteiger partial charge is 0.381 e. The van der Waals surface area contributed by atoms with E-state index < -0.39 is 29.1 Å². The van der Waals surface area contributed by atoms with Gasteiger partial charge in [0.2, 0.25) is 0 Å². The van der Waals surface area contributed by atoms with Crippen molar-refractivity contribution in [2.24, 2.45) is 0 Å². The number of benzene rings is 2. The molecule has 2 heterocycles. The topological polar surface area (TPSA) is 68.8 Å². The first-order chi connectivity index (χ1) is 14.2. The number of aromatic nitrogens is 5. The molecule has 4 aromatic rings. The molecule has 30 heavy (non-hydrogen) atoms. The Labute approximate surface area is 174 Å². The maximum Gasteiger partial charge on any atom is 0.137 e. The highest BCUT2D eigenvalue weighted by molar-refractivity contribution is 6.35. The van der Waals surface area contributed by atoms with Crippen LogP contribution in [0.5, 0.6) is 0 Å². The molecule has 10 heteroatoms. The molecule has 0 unspecified atom stereocenters. The average molecular weight is 436 g/mol. The summed E-state index contributed by atoms with van der Waals surface area (Å²) in [5.41, 5.74) is -1.18. The van der Waals surface area contributed by atoms with Crippen molar-refractivity contribution in [1.29, 1.82) is 0 Å². The standard InChI is InChI=1S/C20H17ClF3N5O/c1-11-19-16(21)5-14(23)7-18(19)27-29(11)12(2)20(30,8-28-10-25-9-26-28)15-4-3-13(22)6-17(15)24/h3-7,9-10,12,30H,8H2,1-2H3/t12-,20-/m1/s1. The molecule has 6 nitrogen and oxygen atoms in total. The molecule has 2 aromatic heterocycles. The molecule has 4 rings (SSSR count). The summed E-state index contributed by atoms with van der Waals surface area (Å²) in [6, 6.07) is 4.49. The van der Waals surface area contributed by atoms with E-state index in [1.807, 2.05) is 0 Å². The van der Waals surface area contributed by atoms with E-state index in [2.05, 4.69) is 15.2 Å². The second-order valence-electron chi connectivity index (χ2n) is 7.13. The smallest absolute Gasteiger partial charge is 0.137 e. The monoisotopic (exact) mass is 435 g/mol. The third kappa shape index (κ3) is 3.33. The summed E-state index contributed by atoms with van der Waals surface area (Å²) in [5.74, 6) is -2.23. The second-order valence-corrected chi connectivity index (χ2v) is 7.54. The zero-order valence-electron chi connectivity index (χ0n) is 16.0. The molecular weight excluding hydrogens is 419 g/mol. The van der Waals surface area contributed by atoms with E-state index in [1.54, 1.807) is 13.8 Å². The Morgan fingerprint density at radius 2 is 1.93 bits per heavy atom. The average Bonchev–Trinajstić information content (AvgIpc) is 3.28. The third-order valence-corrected chi connectivity index (χ3v) is 5.58. The van der Waals surface area contributed by atoms with Crippen LogP contribution < -0.4 is 0 Å². The van der Waals surface area contributed by atoms with Gasteiger partial charge in [-0.25, -0.2) is 22.8 Å². The Hall–Kier alpha value is -2.91. The van der Waals surface area contributed by atoms with Gasteiger partial charge >= 0.3 is 0 Å². The lowest BCUT2D eigenvalue weighted by Gasteiger charge is -2.35. The summed E-state index contributed by atoms with van der Waals surface area (Å²) in [6.07, 6.45) is 2.65. The van der Waals surface area contributed by atoms with Crippen LogP contribution in [0.1, 0.15) is 24.2 Å². The lowest BCUT2D eigenvalue weighted by Crippen LogP contribution is -2.41. The van der Waals surface area contributed by atoms with Crippen molar-refractivity contribution in [2.45, 2.75) is 32.0 Å². The van der Waals surface area contributed by atoms with Crippen molar-refractivity contribution in [1.82, 2.24) is 24.5 Å². The first-order valence-corrected chi connectivity index (χ1v) is 9.42. The van der Waals surface area contributed by atoms with E-state index in [0.717, 1.165) is 6.07 Å². The summed E-state index contributed by atoms with van der Waals surface area (Å²) >= 11 is 6.19. The van der Waals surface area contributed by atoms with Crippen LogP contribution in [0, 0.1) is 24.4 Å². The van der Waals surface area contributed by atoms with Gasteiger partial charge in [0.15, 0.2) is 0 Å². The van der Waals surface area contributed by atoms with Gasteiger partial charge in [-0.3, -0.25) is 4.68 Å². The molecule has 0 fully saturated rings. The van der Waals surface area contributed by atoms with Gasteiger partial charge in [-0.15, -0.1) is 0 Å². The van der Waals surface area contributed by atoms with Crippen LogP contribution >= 0.6 is 11.6 Å². The summed E-state index contributed by atoms with van der Waals surface area (Å²) < 4.78 is 44.8. The summed E-state index contributed by atoms with van der Waals surface area (Å²) in [4.78, 5) is 3.85. The van der Waals surface area contributed by atoms with Gasteiger partial charge in [0, 0.05) is 28.8 Å². The first kappa shape index (κ1) is 20.4. The van der Waals surface area contributed by atoms with Gasteiger partial charge in [0.05, 0.1) is 23.1 Å². The number of rotatable bonds is 5. The first-order valence-electron chi connectivity index (χ1n) is 9.05. The summed E-state index contributed by atoms with van der Waals surface area (Å²) in [5, 5.41) is 20.8. The molecule has 156 valence electrons. The van der Waals surface area contributed by atoms with E-state index in [1.165, 1.54) is 40.2 Å². The second kappa shape index (κ2) is 7.41. The third-order valence-electron chi connectivity index (χ3n) is 5.28. The quantitative estimate of drug-likeness (QED) is 0.511. The van der Waals surface area contributed by atoms with Crippen LogP contribution in [0.25, 0.3) is 10.9 Å². The van der Waals surface area contributed by atoms with Gasteiger partial charge < -0.3 is 5.11 Å². The fourth-order valence-electron chi connectivity index (χ4n) is 3.73. The Morgan fingerprint density at radius 1 is 1.17 bits per heavy atom. The normalized spacial score (nSPS) is 14.8. The summed E-state index contributed by atoms with van der Waals surface area (Å²) in [7, 11) is 0. The number of hydrogen-bond donors (Lipinski definition) is 1. The van der Waals surface area contributed by atoms with Crippen LogP contribution in [0.3, 0.4) is 0 Å². The molecule has 0 amide bonds. The molecule has 1 N–H and O–H groups in total. The minimum absolute atomic E-state index is 0.136. The number of nitrogens with zero attached hydrogens (tertiary/aromatic N) is 5. The van der Waals surface area contributed by atoms with Crippen LogP contribution in [0.2, 0.25) is 5.02 Å². The molecule has 0 saturated heterocycles. The lowest BCUT2D eigenvalue weighted by atomic mass is 9.86. The number of hydrogen-bond acceptors (Lipinski definition) is 4. The van der Waals surface area contributed by atoms with Gasteiger partial charge in [-0.1, -0.05) is 17.7 Å². The van der Waals surface area contributed by atoms with E-state index in [-0.39, 0.29) is 17.1 Å². The van der Waals surface area contributed by atoms with Crippen molar-refractivity contribution in [2.75, 3.05) is 0 Å². The van der Waals surface area contributed by atoms with Crippen molar-refractivity contribution in [3.05, 3.63) is 76.7 Å². The lowest BCUT2D eigenvalue weighted by molar-refractivity contribution is -0.0372. The van der Waals surface area contributed by atoms with E-state index >= 15 is 0 Å². The molecule has 0 aliphatic rings. The zero-order chi connectivity index (χ0) is 21.6. The molecule has 2 aromatic carbocycles. The van der Waals surface area contributed by atoms with Crippen molar-refractivity contribution in [3.63, 3.8) is 0 Å². The van der Waals surface area contributed by atoms with Gasteiger partial charge in [0.25, 0.3) is 0 Å². The maximum absolute atomic E-state index is 14.7. The molecule has 2 atom stereocenters. The number of fused-ring (bicyclic) bond motifs is 1. The van der Waals surface area contributed by atoms with Gasteiger partial charge in [-0.05, 0) is 26.0 Å². The number of aryl methyl sites for hydroxylation is 1. The molecule has 0 radical (unpaired) electrons. The number of halogens is 4. The van der Waals surface area contributed by atoms with Crippen molar-refractivity contribution >= 4 is 22.5 Å². The fourth-order valence-corrected chi connectivity index (χ4v) is 4.06. The molecule has 0 aliphatic heterocycles.